The highest BCUT2D eigenvalue weighted by Gasteiger charge is 2.59. The van der Waals surface area contributed by atoms with Crippen molar-refractivity contribution in [3.63, 3.8) is 0 Å². The van der Waals surface area contributed by atoms with Gasteiger partial charge >= 0.3 is 0 Å². The summed E-state index contributed by atoms with van der Waals surface area (Å²) in [5, 5.41) is 18.8. The Kier molecular flexibility index (Phi) is 4.90. The summed E-state index contributed by atoms with van der Waals surface area (Å²) >= 11 is 0. The third-order valence-corrected chi connectivity index (χ3v) is 5.23. The molecule has 4 nitrogen and oxygen atoms in total. The third kappa shape index (κ3) is 2.90. The molecule has 0 bridgehead atoms. The van der Waals surface area contributed by atoms with Crippen LogP contribution in [0, 0.1) is 22.2 Å². The van der Waals surface area contributed by atoms with Crippen LogP contribution in [-0.4, -0.2) is 17.8 Å². The van der Waals surface area contributed by atoms with Crippen LogP contribution in [0.4, 0.5) is 0 Å². The monoisotopic (exact) mass is 346 g/mol. The Hall–Kier alpha value is -2.93. The molecule has 0 spiro atoms. The van der Waals surface area contributed by atoms with Crippen LogP contribution in [0.3, 0.4) is 0 Å². The first-order valence-corrected chi connectivity index (χ1v) is 8.77. The second-order valence-electron chi connectivity index (χ2n) is 6.89. The van der Waals surface area contributed by atoms with Crippen molar-refractivity contribution in [1.29, 1.82) is 10.7 Å². The minimum Gasteiger partial charge on any atom is -0.476 e. The highest BCUT2D eigenvalue weighted by molar-refractivity contribution is 5.89. The van der Waals surface area contributed by atoms with Crippen molar-refractivity contribution >= 4 is 11.7 Å². The van der Waals surface area contributed by atoms with Crippen molar-refractivity contribution in [2.75, 3.05) is 0 Å². The number of ether oxygens (including phenoxy) is 1. The molecule has 2 aromatic rings. The zero-order valence-corrected chi connectivity index (χ0v) is 15.0. The van der Waals surface area contributed by atoms with Crippen LogP contribution in [0.25, 0.3) is 0 Å². The fourth-order valence-electron chi connectivity index (χ4n) is 4.14. The number of nitrogens with one attached hydrogen (secondary N) is 1. The van der Waals surface area contributed by atoms with Gasteiger partial charge in [0.05, 0.1) is 6.07 Å². The summed E-state index contributed by atoms with van der Waals surface area (Å²) in [7, 11) is 0. The molecule has 0 amide bonds. The van der Waals surface area contributed by atoms with Gasteiger partial charge in [-0.05, 0) is 25.0 Å². The first-order chi connectivity index (χ1) is 12.5. The maximum atomic E-state index is 12.1. The molecule has 4 unspecified atom stereocenters. The molecule has 1 saturated heterocycles. The standard InChI is InChI=1S/C22H22N2O2/c1-15(25)13-19(17-9-5-3-6-10-17)22(14-23)20(16(2)26-21(22)24)18-11-7-4-8-12-18/h3-12,16,19-20,24H,13H2,1-2H3. The number of carbonyl (C=O) groups excluding carboxylic acids is 1. The number of nitriles is 1. The van der Waals surface area contributed by atoms with E-state index in [1.807, 2.05) is 67.6 Å². The molecule has 0 radical (unpaired) electrons. The Balaban J connectivity index is 2.21. The minimum absolute atomic E-state index is 0.00681. The van der Waals surface area contributed by atoms with E-state index >= 15 is 0 Å². The predicted molar refractivity (Wildman–Crippen MR) is 100.0 cm³/mol. The lowest BCUT2D eigenvalue weighted by Crippen LogP contribution is -2.38. The number of nitrogens with zero attached hydrogens (tertiary/aromatic N) is 1. The van der Waals surface area contributed by atoms with Gasteiger partial charge in [0.25, 0.3) is 0 Å². The molecule has 1 N–H and O–H groups in total. The van der Waals surface area contributed by atoms with E-state index in [-0.39, 0.29) is 30.1 Å². The van der Waals surface area contributed by atoms with Gasteiger partial charge in [-0.3, -0.25) is 5.41 Å². The maximum Gasteiger partial charge on any atom is 0.203 e. The Morgan fingerprint density at radius 2 is 1.77 bits per heavy atom. The van der Waals surface area contributed by atoms with E-state index in [1.54, 1.807) is 0 Å². The van der Waals surface area contributed by atoms with Gasteiger partial charge in [-0.25, -0.2) is 0 Å². The molecule has 1 heterocycles. The largest absolute Gasteiger partial charge is 0.476 e. The Labute approximate surface area is 153 Å². The number of rotatable bonds is 5. The zero-order chi connectivity index (χ0) is 18.7. The topological polar surface area (TPSA) is 73.9 Å². The van der Waals surface area contributed by atoms with Gasteiger partial charge in [-0.1, -0.05) is 60.7 Å². The number of ketones is 1. The molecule has 26 heavy (non-hydrogen) atoms. The molecule has 2 aromatic carbocycles. The molecular formula is C22H22N2O2. The molecule has 3 rings (SSSR count). The van der Waals surface area contributed by atoms with Gasteiger partial charge < -0.3 is 9.53 Å². The highest BCUT2D eigenvalue weighted by Crippen LogP contribution is 2.55. The summed E-state index contributed by atoms with van der Waals surface area (Å²) in [6, 6.07) is 21.7. The summed E-state index contributed by atoms with van der Waals surface area (Å²) in [6.07, 6.45) is -0.123. The average Bonchev–Trinajstić information content (AvgIpc) is 2.91. The average molecular weight is 346 g/mol. The molecular weight excluding hydrogens is 324 g/mol. The molecule has 4 heteroatoms. The summed E-state index contributed by atoms with van der Waals surface area (Å²) in [6.45, 7) is 3.42. The predicted octanol–water partition coefficient (Wildman–Crippen LogP) is 4.44. The van der Waals surface area contributed by atoms with E-state index in [9.17, 15) is 10.1 Å². The maximum absolute atomic E-state index is 12.1. The van der Waals surface area contributed by atoms with Crippen molar-refractivity contribution in [1.82, 2.24) is 0 Å². The Bertz CT molecular complexity index is 841. The molecule has 1 fully saturated rings. The number of Topliss-reactive ketones (excluding diaryl/α,β-unsaturated/α-hetero) is 1. The van der Waals surface area contributed by atoms with Gasteiger partial charge in [0.2, 0.25) is 5.90 Å². The van der Waals surface area contributed by atoms with Crippen LogP contribution < -0.4 is 0 Å². The van der Waals surface area contributed by atoms with Crippen LogP contribution in [0.15, 0.2) is 60.7 Å². The van der Waals surface area contributed by atoms with E-state index in [4.69, 9.17) is 10.1 Å². The van der Waals surface area contributed by atoms with E-state index in [1.165, 1.54) is 6.92 Å². The minimum atomic E-state index is -1.21. The molecule has 1 aliphatic rings. The summed E-state index contributed by atoms with van der Waals surface area (Å²) in [5.74, 6) is -0.802. The van der Waals surface area contributed by atoms with E-state index in [2.05, 4.69) is 6.07 Å². The van der Waals surface area contributed by atoms with Crippen molar-refractivity contribution in [3.8, 4) is 6.07 Å². The first kappa shape index (κ1) is 17.9. The molecule has 0 aliphatic carbocycles. The number of benzene rings is 2. The van der Waals surface area contributed by atoms with Crippen LogP contribution in [-0.2, 0) is 9.53 Å². The van der Waals surface area contributed by atoms with Crippen molar-refractivity contribution < 1.29 is 9.53 Å². The number of hydrogen-bond donors (Lipinski definition) is 1. The first-order valence-electron chi connectivity index (χ1n) is 8.77. The third-order valence-electron chi connectivity index (χ3n) is 5.23. The van der Waals surface area contributed by atoms with E-state index in [0.717, 1.165) is 11.1 Å². The van der Waals surface area contributed by atoms with Gasteiger partial charge in [-0.2, -0.15) is 5.26 Å². The van der Waals surface area contributed by atoms with Crippen molar-refractivity contribution in [2.45, 2.75) is 38.2 Å². The summed E-state index contributed by atoms with van der Waals surface area (Å²) in [5.41, 5.74) is 0.620. The zero-order valence-electron chi connectivity index (χ0n) is 15.0. The van der Waals surface area contributed by atoms with Crippen LogP contribution in [0.2, 0.25) is 0 Å². The fourth-order valence-corrected chi connectivity index (χ4v) is 4.14. The molecule has 4 atom stereocenters. The molecule has 0 aromatic heterocycles. The molecule has 132 valence electrons. The highest BCUT2D eigenvalue weighted by atomic mass is 16.5. The Morgan fingerprint density at radius 1 is 1.19 bits per heavy atom. The second-order valence-corrected chi connectivity index (χ2v) is 6.89. The van der Waals surface area contributed by atoms with Gasteiger partial charge in [0.15, 0.2) is 0 Å². The fraction of sp³-hybridized carbons (Fsp3) is 0.318. The van der Waals surface area contributed by atoms with E-state index < -0.39 is 11.3 Å². The van der Waals surface area contributed by atoms with Crippen LogP contribution in [0.5, 0.6) is 0 Å². The van der Waals surface area contributed by atoms with Crippen LogP contribution >= 0.6 is 0 Å². The lowest BCUT2D eigenvalue weighted by Gasteiger charge is -2.35. The lowest BCUT2D eigenvalue weighted by atomic mass is 9.61. The summed E-state index contributed by atoms with van der Waals surface area (Å²) in [4.78, 5) is 12.1. The van der Waals surface area contributed by atoms with Crippen molar-refractivity contribution in [3.05, 3.63) is 71.8 Å². The van der Waals surface area contributed by atoms with Gasteiger partial charge in [0, 0.05) is 18.3 Å². The number of hydrogen-bond acceptors (Lipinski definition) is 4. The Morgan fingerprint density at radius 3 is 2.31 bits per heavy atom. The second kappa shape index (κ2) is 7.13. The molecule has 1 aliphatic heterocycles. The van der Waals surface area contributed by atoms with Gasteiger partial charge in [-0.15, -0.1) is 0 Å². The van der Waals surface area contributed by atoms with E-state index in [0.29, 0.717) is 0 Å². The van der Waals surface area contributed by atoms with Gasteiger partial charge in [0.1, 0.15) is 17.3 Å². The SMILES string of the molecule is CC(=O)CC(c1ccccc1)C1(C#N)C(=N)OC(C)C1c1ccccc1. The smallest absolute Gasteiger partial charge is 0.203 e. The quantitative estimate of drug-likeness (QED) is 0.870. The summed E-state index contributed by atoms with van der Waals surface area (Å²) < 4.78 is 5.77. The van der Waals surface area contributed by atoms with Crippen molar-refractivity contribution in [2.24, 2.45) is 5.41 Å². The molecule has 0 saturated carbocycles. The number of carbonyl (C=O) groups is 1. The van der Waals surface area contributed by atoms with Crippen LogP contribution in [0.1, 0.15) is 43.2 Å². The normalized spacial score (nSPS) is 26.0. The lowest BCUT2D eigenvalue weighted by molar-refractivity contribution is -0.117.